The largest absolute Gasteiger partial charge is 1.00 e. The zero-order valence-electron chi connectivity index (χ0n) is 21.3. The van der Waals surface area contributed by atoms with Gasteiger partial charge < -0.3 is 10.1 Å². The van der Waals surface area contributed by atoms with E-state index in [2.05, 4.69) is 11.9 Å². The number of hydrogen-bond donors (Lipinski definition) is 1. The van der Waals surface area contributed by atoms with Crippen LogP contribution in [0, 0.1) is 0 Å². The molecule has 0 fully saturated rings. The van der Waals surface area contributed by atoms with E-state index in [0.29, 0.717) is 6.42 Å². The Bertz CT molecular complexity index is 512. The van der Waals surface area contributed by atoms with Crippen LogP contribution >= 0.6 is 0 Å². The minimum Gasteiger partial charge on any atom is -0.862 e. The Hall–Kier alpha value is 1.02. The molecule has 0 aromatic heterocycles. The second-order valence-electron chi connectivity index (χ2n) is 9.03. The molecule has 7 heteroatoms. The quantitative estimate of drug-likeness (QED) is 0.0718. The summed E-state index contributed by atoms with van der Waals surface area (Å²) in [4.78, 5) is 3.83. The van der Waals surface area contributed by atoms with Crippen LogP contribution in [0.2, 0.25) is 0 Å². The third-order valence-corrected chi connectivity index (χ3v) is 6.65. The van der Waals surface area contributed by atoms with Crippen LogP contribution in [0.3, 0.4) is 0 Å². The minimum absolute atomic E-state index is 0. The fourth-order valence-electron chi connectivity index (χ4n) is 3.88. The van der Waals surface area contributed by atoms with Gasteiger partial charge in [0.1, 0.15) is 0 Å². The maximum Gasteiger partial charge on any atom is 1.00 e. The minimum atomic E-state index is -3.94. The summed E-state index contributed by atoms with van der Waals surface area (Å²) in [5.41, 5.74) is 0. The SMILES string of the molecule is CCCCCCCCCCCCCCCCCCCCCC([O-])=NCCCS(=O)(=O)O.[K+]. The number of hydrogen-bond acceptors (Lipinski definition) is 4. The summed E-state index contributed by atoms with van der Waals surface area (Å²) in [6.07, 6.45) is 25.9. The molecule has 0 atom stereocenters. The monoisotopic (exact) mass is 499 g/mol. The van der Waals surface area contributed by atoms with Crippen LogP contribution in [0.1, 0.15) is 142 Å². The molecule has 1 N–H and O–H groups in total. The summed E-state index contributed by atoms with van der Waals surface area (Å²) in [6, 6.07) is 0. The van der Waals surface area contributed by atoms with Gasteiger partial charge in [0.15, 0.2) is 0 Å². The molecule has 0 rings (SSSR count). The van der Waals surface area contributed by atoms with Crippen molar-refractivity contribution in [3.8, 4) is 0 Å². The average molecular weight is 500 g/mol. The Balaban J connectivity index is 0. The van der Waals surface area contributed by atoms with E-state index in [1.165, 1.54) is 109 Å². The van der Waals surface area contributed by atoms with Crippen molar-refractivity contribution in [3.63, 3.8) is 0 Å². The van der Waals surface area contributed by atoms with E-state index < -0.39 is 10.1 Å². The first kappa shape index (κ1) is 35.2. The summed E-state index contributed by atoms with van der Waals surface area (Å²) in [7, 11) is -3.94. The normalized spacial score (nSPS) is 12.1. The van der Waals surface area contributed by atoms with E-state index >= 15 is 0 Å². The van der Waals surface area contributed by atoms with Crippen molar-refractivity contribution < 1.29 is 69.5 Å². The second-order valence-corrected chi connectivity index (χ2v) is 10.6. The predicted octanol–water partition coefficient (Wildman–Crippen LogP) is 3.85. The Morgan fingerprint density at radius 1 is 0.656 bits per heavy atom. The van der Waals surface area contributed by atoms with Crippen LogP contribution in [0.15, 0.2) is 4.99 Å². The smallest absolute Gasteiger partial charge is 0.862 e. The van der Waals surface area contributed by atoms with Gasteiger partial charge in [-0.2, -0.15) is 8.42 Å². The molecule has 0 unspecified atom stereocenters. The van der Waals surface area contributed by atoms with Crippen LogP contribution in [0.4, 0.5) is 0 Å². The van der Waals surface area contributed by atoms with Gasteiger partial charge in [-0.1, -0.05) is 122 Å². The van der Waals surface area contributed by atoms with E-state index in [-0.39, 0.29) is 76.0 Å². The van der Waals surface area contributed by atoms with Crippen LogP contribution in [-0.2, 0) is 10.1 Å². The topological polar surface area (TPSA) is 89.8 Å². The van der Waals surface area contributed by atoms with Crippen LogP contribution in [-0.4, -0.2) is 31.2 Å². The zero-order valence-corrected chi connectivity index (χ0v) is 25.2. The molecule has 5 nitrogen and oxygen atoms in total. The molecule has 0 aliphatic heterocycles. The molecule has 0 radical (unpaired) electrons. The standard InChI is InChI=1S/C25H51NO4S.K/c1-2-3-4-5-6-7-8-9-10-11-12-13-14-15-16-17-18-19-20-22-25(27)26-23-21-24-31(28,29)30;/h2-24H2,1H3,(H,26,27)(H,28,29,30);/q;+1/p-1. The molecule has 0 aliphatic rings. The Morgan fingerprint density at radius 2 is 1.00 bits per heavy atom. The van der Waals surface area contributed by atoms with E-state index in [0.717, 1.165) is 12.8 Å². The summed E-state index contributed by atoms with van der Waals surface area (Å²) in [5.74, 6) is -0.481. The van der Waals surface area contributed by atoms with Crippen molar-refractivity contribution >= 4 is 16.0 Å². The number of aliphatic imine (C=N–C) groups is 1. The Kier molecular flexibility index (Phi) is 29.3. The number of nitrogens with zero attached hydrogens (tertiary/aromatic N) is 1. The van der Waals surface area contributed by atoms with E-state index in [1.807, 2.05) is 0 Å². The summed E-state index contributed by atoms with van der Waals surface area (Å²) in [6.45, 7) is 2.45. The summed E-state index contributed by atoms with van der Waals surface area (Å²) < 4.78 is 29.7. The van der Waals surface area contributed by atoms with Gasteiger partial charge in [0.25, 0.3) is 10.1 Å². The van der Waals surface area contributed by atoms with Crippen molar-refractivity contribution in [1.82, 2.24) is 0 Å². The predicted molar refractivity (Wildman–Crippen MR) is 131 cm³/mol. The third kappa shape index (κ3) is 31.0. The van der Waals surface area contributed by atoms with E-state index in [9.17, 15) is 13.5 Å². The van der Waals surface area contributed by atoms with Crippen molar-refractivity contribution in [2.45, 2.75) is 142 Å². The van der Waals surface area contributed by atoms with Gasteiger partial charge in [0.2, 0.25) is 0 Å². The third-order valence-electron chi connectivity index (χ3n) is 5.84. The van der Waals surface area contributed by atoms with Gasteiger partial charge in [-0.3, -0.25) is 4.55 Å². The van der Waals surface area contributed by atoms with Crippen molar-refractivity contribution in [2.24, 2.45) is 4.99 Å². The maximum absolute atomic E-state index is 11.6. The first-order valence-electron chi connectivity index (χ1n) is 13.1. The molecule has 0 aromatic rings. The molecule has 0 saturated heterocycles. The van der Waals surface area contributed by atoms with Gasteiger partial charge in [-0.15, -0.1) is 0 Å². The maximum atomic E-state index is 11.6. The molecule has 0 saturated carbocycles. The Labute approximate surface area is 242 Å². The number of rotatable bonds is 24. The van der Waals surface area contributed by atoms with Crippen molar-refractivity contribution in [1.29, 1.82) is 0 Å². The van der Waals surface area contributed by atoms with Crippen LogP contribution < -0.4 is 56.5 Å². The molecular formula is C25H50KNO4S. The van der Waals surface area contributed by atoms with E-state index in [1.54, 1.807) is 0 Å². The zero-order chi connectivity index (χ0) is 23.0. The fraction of sp³-hybridized carbons (Fsp3) is 0.960. The van der Waals surface area contributed by atoms with Crippen LogP contribution in [0.25, 0.3) is 0 Å². The van der Waals surface area contributed by atoms with Gasteiger partial charge in [0, 0.05) is 6.54 Å². The van der Waals surface area contributed by atoms with Crippen molar-refractivity contribution in [3.05, 3.63) is 0 Å². The molecule has 0 heterocycles. The molecule has 0 amide bonds. The molecule has 0 aliphatic carbocycles. The van der Waals surface area contributed by atoms with E-state index in [4.69, 9.17) is 4.55 Å². The Morgan fingerprint density at radius 3 is 1.34 bits per heavy atom. The first-order chi connectivity index (χ1) is 15.0. The number of unbranched alkanes of at least 4 members (excludes halogenated alkanes) is 18. The molecule has 32 heavy (non-hydrogen) atoms. The van der Waals surface area contributed by atoms with Gasteiger partial charge in [0.05, 0.1) is 5.75 Å². The summed E-state index contributed by atoms with van der Waals surface area (Å²) >= 11 is 0. The van der Waals surface area contributed by atoms with Gasteiger partial charge in [-0.25, -0.2) is 0 Å². The summed E-state index contributed by atoms with van der Waals surface area (Å²) in [5, 5.41) is 11.6. The van der Waals surface area contributed by atoms with Gasteiger partial charge in [-0.05, 0) is 25.2 Å². The fourth-order valence-corrected chi connectivity index (χ4v) is 4.38. The molecule has 0 spiro atoms. The molecular weight excluding hydrogens is 449 g/mol. The second kappa shape index (κ2) is 26.6. The average Bonchev–Trinajstić information content (AvgIpc) is 2.72. The molecule has 0 aromatic carbocycles. The molecule has 186 valence electrons. The van der Waals surface area contributed by atoms with Crippen LogP contribution in [0.5, 0.6) is 0 Å². The first-order valence-corrected chi connectivity index (χ1v) is 14.7. The molecule has 0 bridgehead atoms. The van der Waals surface area contributed by atoms with Crippen molar-refractivity contribution in [2.75, 3.05) is 12.3 Å². The van der Waals surface area contributed by atoms with Gasteiger partial charge >= 0.3 is 51.4 Å².